The van der Waals surface area contributed by atoms with Crippen molar-refractivity contribution in [1.29, 1.82) is 0 Å². The van der Waals surface area contributed by atoms with E-state index in [-0.39, 0.29) is 12.0 Å². The van der Waals surface area contributed by atoms with E-state index in [0.717, 1.165) is 29.9 Å². The van der Waals surface area contributed by atoms with Crippen LogP contribution in [-0.4, -0.2) is 45.3 Å². The molecular weight excluding hydrogens is 414 g/mol. The molecule has 0 saturated carbocycles. The minimum absolute atomic E-state index is 0.108. The quantitative estimate of drug-likeness (QED) is 0.615. The van der Waals surface area contributed by atoms with Gasteiger partial charge in [0, 0.05) is 19.6 Å². The zero-order valence-corrected chi connectivity index (χ0v) is 19.1. The Morgan fingerprint density at radius 1 is 1.06 bits per heavy atom. The molecule has 1 saturated heterocycles. The van der Waals surface area contributed by atoms with Gasteiger partial charge in [-0.25, -0.2) is 9.10 Å². The summed E-state index contributed by atoms with van der Waals surface area (Å²) >= 11 is 0. The number of piperidine rings is 1. The molecular formula is C23H31N3O4S. The second-order valence-electron chi connectivity index (χ2n) is 9.10. The summed E-state index contributed by atoms with van der Waals surface area (Å²) < 4.78 is 31.5. The van der Waals surface area contributed by atoms with Crippen molar-refractivity contribution in [1.82, 2.24) is 4.90 Å². The molecule has 4 rings (SSSR count). The SMILES string of the molecule is CC(C)(C)OC(=O)N1CCCC(CN2c3ccccc3N(c3ccccc3)S2(O)O)C1. The van der Waals surface area contributed by atoms with E-state index in [0.29, 0.717) is 19.6 Å². The predicted molar refractivity (Wildman–Crippen MR) is 126 cm³/mol. The Morgan fingerprint density at radius 3 is 2.39 bits per heavy atom. The third-order valence-electron chi connectivity index (χ3n) is 5.50. The van der Waals surface area contributed by atoms with Gasteiger partial charge in [0.2, 0.25) is 0 Å². The summed E-state index contributed by atoms with van der Waals surface area (Å²) in [5.74, 6) is 0.108. The summed E-state index contributed by atoms with van der Waals surface area (Å²) in [6.45, 7) is 7.23. The van der Waals surface area contributed by atoms with Crippen LogP contribution in [0.25, 0.3) is 0 Å². The first-order valence-corrected chi connectivity index (χ1v) is 12.1. The number of hydrogen-bond donors (Lipinski definition) is 2. The number of hydrogen-bond acceptors (Lipinski definition) is 6. The second kappa shape index (κ2) is 8.26. The number of carbonyl (C=O) groups excluding carboxylic acids is 1. The number of fused-ring (bicyclic) bond motifs is 1. The largest absolute Gasteiger partial charge is 0.444 e. The number of anilines is 3. The van der Waals surface area contributed by atoms with Crippen molar-refractivity contribution < 1.29 is 18.6 Å². The summed E-state index contributed by atoms with van der Waals surface area (Å²) in [6.07, 6.45) is 1.47. The van der Waals surface area contributed by atoms with Crippen molar-refractivity contribution in [3.05, 3.63) is 54.6 Å². The van der Waals surface area contributed by atoms with E-state index in [9.17, 15) is 13.9 Å². The Hall–Kier alpha value is -2.42. The van der Waals surface area contributed by atoms with Gasteiger partial charge in [-0.3, -0.25) is 13.4 Å². The molecule has 0 spiro atoms. The highest BCUT2D eigenvalue weighted by Crippen LogP contribution is 2.64. The van der Waals surface area contributed by atoms with Crippen LogP contribution in [0.1, 0.15) is 33.6 Å². The molecule has 7 nitrogen and oxygen atoms in total. The fourth-order valence-corrected chi connectivity index (χ4v) is 6.04. The lowest BCUT2D eigenvalue weighted by Gasteiger charge is -2.45. The fraction of sp³-hybridized carbons (Fsp3) is 0.435. The highest BCUT2D eigenvalue weighted by Gasteiger charge is 2.43. The molecule has 2 aromatic carbocycles. The normalized spacial score (nSPS) is 21.6. The maximum absolute atomic E-state index is 12.5. The Balaban J connectivity index is 1.56. The third-order valence-corrected chi connectivity index (χ3v) is 7.33. The van der Waals surface area contributed by atoms with Crippen LogP contribution in [-0.2, 0) is 4.74 Å². The van der Waals surface area contributed by atoms with Gasteiger partial charge in [0.05, 0.1) is 17.1 Å². The first-order valence-electron chi connectivity index (χ1n) is 10.6. The van der Waals surface area contributed by atoms with Gasteiger partial charge in [0.25, 0.3) is 0 Å². The van der Waals surface area contributed by atoms with E-state index in [1.807, 2.05) is 75.4 Å². The van der Waals surface area contributed by atoms with Crippen LogP contribution >= 0.6 is 11.0 Å². The molecule has 0 radical (unpaired) electrons. The van der Waals surface area contributed by atoms with Crippen LogP contribution in [0.5, 0.6) is 0 Å². The highest BCUT2D eigenvalue weighted by atomic mass is 32.3. The molecule has 8 heteroatoms. The van der Waals surface area contributed by atoms with Crippen LogP contribution < -0.4 is 8.61 Å². The van der Waals surface area contributed by atoms with Crippen molar-refractivity contribution in [3.8, 4) is 0 Å². The van der Waals surface area contributed by atoms with Crippen molar-refractivity contribution in [3.63, 3.8) is 0 Å². The van der Waals surface area contributed by atoms with E-state index in [1.165, 1.54) is 0 Å². The zero-order valence-electron chi connectivity index (χ0n) is 18.3. The minimum atomic E-state index is -3.27. The van der Waals surface area contributed by atoms with Crippen LogP contribution in [0.4, 0.5) is 21.9 Å². The lowest BCUT2D eigenvalue weighted by molar-refractivity contribution is 0.0171. The third kappa shape index (κ3) is 4.46. The molecule has 31 heavy (non-hydrogen) atoms. The van der Waals surface area contributed by atoms with Gasteiger partial charge in [-0.05, 0) is 74.8 Å². The molecule has 1 fully saturated rings. The summed E-state index contributed by atoms with van der Waals surface area (Å²) in [4.78, 5) is 14.3. The van der Waals surface area contributed by atoms with Gasteiger partial charge in [0.1, 0.15) is 5.60 Å². The van der Waals surface area contributed by atoms with E-state index in [1.54, 1.807) is 13.5 Å². The molecule has 1 atom stereocenters. The van der Waals surface area contributed by atoms with E-state index >= 15 is 0 Å². The van der Waals surface area contributed by atoms with Gasteiger partial charge in [-0.1, -0.05) is 30.3 Å². The zero-order chi connectivity index (χ0) is 22.2. The predicted octanol–water partition coefficient (Wildman–Crippen LogP) is 5.87. The maximum atomic E-state index is 12.5. The van der Waals surface area contributed by atoms with Gasteiger partial charge < -0.3 is 9.64 Å². The van der Waals surface area contributed by atoms with E-state index < -0.39 is 16.6 Å². The number of benzene rings is 2. The summed E-state index contributed by atoms with van der Waals surface area (Å²) in [7, 11) is -3.27. The topological polar surface area (TPSA) is 76.5 Å². The molecule has 2 aliphatic heterocycles. The number of carbonyl (C=O) groups is 1. The summed E-state index contributed by atoms with van der Waals surface area (Å²) in [6, 6.07) is 17.1. The number of nitrogens with zero attached hydrogens (tertiary/aromatic N) is 3. The standard InChI is InChI=1S/C23H31N3O4S/c1-23(2,3)30-22(27)24-15-9-10-18(16-24)17-25-20-13-7-8-14-21(20)26(31(25,28)29)19-11-5-4-6-12-19/h4-8,11-14,18,28-29H,9-10,15-17H2,1-3H3. The van der Waals surface area contributed by atoms with Crippen LogP contribution in [0.3, 0.4) is 0 Å². The number of likely N-dealkylation sites (tertiary alicyclic amines) is 1. The Kier molecular flexibility index (Phi) is 5.81. The van der Waals surface area contributed by atoms with Crippen molar-refractivity contribution in [2.45, 2.75) is 39.2 Å². The molecule has 0 bridgehead atoms. The monoisotopic (exact) mass is 445 g/mol. The van der Waals surface area contributed by atoms with E-state index in [4.69, 9.17) is 4.74 Å². The molecule has 2 heterocycles. The average molecular weight is 446 g/mol. The lowest BCUT2D eigenvalue weighted by Crippen LogP contribution is -2.46. The summed E-state index contributed by atoms with van der Waals surface area (Å²) in [5, 5.41) is 0. The first-order chi connectivity index (χ1) is 14.7. The maximum Gasteiger partial charge on any atom is 0.410 e. The Bertz CT molecular complexity index is 932. The van der Waals surface area contributed by atoms with Crippen molar-refractivity contribution in [2.75, 3.05) is 28.2 Å². The number of amides is 1. The molecule has 1 amide bonds. The minimum Gasteiger partial charge on any atom is -0.444 e. The van der Waals surface area contributed by atoms with Gasteiger partial charge >= 0.3 is 6.09 Å². The van der Waals surface area contributed by atoms with Crippen LogP contribution in [0.2, 0.25) is 0 Å². The number of ether oxygens (including phenoxy) is 1. The molecule has 168 valence electrons. The molecule has 2 aliphatic rings. The highest BCUT2D eigenvalue weighted by molar-refractivity contribution is 8.27. The molecule has 0 aliphatic carbocycles. The van der Waals surface area contributed by atoms with Crippen LogP contribution in [0.15, 0.2) is 54.6 Å². The summed E-state index contributed by atoms with van der Waals surface area (Å²) in [5.41, 5.74) is 1.76. The molecule has 2 aromatic rings. The Labute approximate surface area is 185 Å². The molecule has 1 unspecified atom stereocenters. The fourth-order valence-electron chi connectivity index (χ4n) is 4.19. The lowest BCUT2D eigenvalue weighted by atomic mass is 9.98. The number of rotatable bonds is 3. The Morgan fingerprint density at radius 2 is 1.71 bits per heavy atom. The van der Waals surface area contributed by atoms with Gasteiger partial charge in [-0.15, -0.1) is 0 Å². The average Bonchev–Trinajstić information content (AvgIpc) is 2.94. The first kappa shape index (κ1) is 21.8. The van der Waals surface area contributed by atoms with Gasteiger partial charge in [0.15, 0.2) is 0 Å². The smallest absolute Gasteiger partial charge is 0.410 e. The van der Waals surface area contributed by atoms with Crippen molar-refractivity contribution in [2.24, 2.45) is 5.92 Å². The van der Waals surface area contributed by atoms with E-state index in [2.05, 4.69) is 0 Å². The molecule has 0 aromatic heterocycles. The van der Waals surface area contributed by atoms with Gasteiger partial charge in [-0.2, -0.15) is 0 Å². The van der Waals surface area contributed by atoms with Crippen LogP contribution in [0, 0.1) is 5.92 Å². The van der Waals surface area contributed by atoms with Crippen molar-refractivity contribution >= 4 is 34.1 Å². The second-order valence-corrected chi connectivity index (χ2v) is 10.9. The number of para-hydroxylation sites is 3. The molecule has 2 N–H and O–H groups in total.